The van der Waals surface area contributed by atoms with Crippen LogP contribution in [-0.2, 0) is 0 Å². The highest BCUT2D eigenvalue weighted by molar-refractivity contribution is 4.92. The molecule has 0 aliphatic rings. The Morgan fingerprint density at radius 1 is 0.325 bits per heavy atom. The van der Waals surface area contributed by atoms with Gasteiger partial charge in [0.15, 0.2) is 0 Å². The summed E-state index contributed by atoms with van der Waals surface area (Å²) in [6.45, 7) is 36.5. The molecule has 0 aliphatic carbocycles. The molecule has 0 rings (SSSR count). The van der Waals surface area contributed by atoms with Crippen LogP contribution in [0, 0.1) is 41.4 Å². The quantitative estimate of drug-likeness (QED) is 0.108. The van der Waals surface area contributed by atoms with Gasteiger partial charge in [0.1, 0.15) is 0 Å². The van der Waals surface area contributed by atoms with Crippen molar-refractivity contribution in [3.63, 3.8) is 0 Å². The van der Waals surface area contributed by atoms with E-state index in [4.69, 9.17) is 0 Å². The number of allylic oxidation sites excluding steroid dienone is 2. The van der Waals surface area contributed by atoms with Crippen LogP contribution in [0.4, 0.5) is 0 Å². The third-order valence-corrected chi connectivity index (χ3v) is 6.98. The maximum absolute atomic E-state index is 2.32. The zero-order valence-electron chi connectivity index (χ0n) is 31.7. The van der Waals surface area contributed by atoms with Gasteiger partial charge in [0.05, 0.1) is 0 Å². The van der Waals surface area contributed by atoms with Crippen molar-refractivity contribution in [1.82, 2.24) is 0 Å². The van der Waals surface area contributed by atoms with Crippen molar-refractivity contribution >= 4 is 0 Å². The number of hydrogen-bond acceptors (Lipinski definition) is 0. The molecule has 0 heterocycles. The summed E-state index contributed by atoms with van der Waals surface area (Å²) in [7, 11) is 0. The van der Waals surface area contributed by atoms with Crippen LogP contribution in [0.15, 0.2) is 11.6 Å². The minimum Gasteiger partial charge on any atom is -0.0859 e. The van der Waals surface area contributed by atoms with Crippen LogP contribution in [0.2, 0.25) is 0 Å². The summed E-state index contributed by atoms with van der Waals surface area (Å²) in [5.41, 5.74) is 1.45. The molecular formula is C40H86. The van der Waals surface area contributed by atoms with E-state index in [-0.39, 0.29) is 0 Å². The standard InChI is InChI=1S/C11H24.C10H22.C10H20.C9H20/c1-10(2)8-6-5-7-9-11(3)4;2*1-9(2)7-5-6-8-10(3)4;1-8(2)6-5-7-9(3)4/h10-11H,5-9H2,1-4H3;9-10H,5-8H2,1-4H3;7,10H,5-6,8H2,1-4H3;8-9H,5-7H2,1-4H3. The molecule has 0 bridgehead atoms. The fourth-order valence-electron chi connectivity index (χ4n) is 4.24. The Balaban J connectivity index is -0.000000217. The Hall–Kier alpha value is -0.260. The fraction of sp³-hybridized carbons (Fsp3) is 0.950. The summed E-state index contributed by atoms with van der Waals surface area (Å²) < 4.78 is 0. The summed E-state index contributed by atoms with van der Waals surface area (Å²) in [5.74, 6) is 6.24. The van der Waals surface area contributed by atoms with E-state index in [1.165, 1.54) is 102 Å². The molecule has 0 heteroatoms. The first-order valence-corrected chi connectivity index (χ1v) is 18.1. The topological polar surface area (TPSA) is 0 Å². The van der Waals surface area contributed by atoms with Crippen molar-refractivity contribution in [2.45, 2.75) is 207 Å². The van der Waals surface area contributed by atoms with Gasteiger partial charge in [0.25, 0.3) is 0 Å². The molecule has 246 valence electrons. The van der Waals surface area contributed by atoms with Crippen LogP contribution >= 0.6 is 0 Å². The molecule has 0 radical (unpaired) electrons. The maximum Gasteiger partial charge on any atom is -0.0348 e. The van der Waals surface area contributed by atoms with Crippen LogP contribution in [0.1, 0.15) is 207 Å². The Morgan fingerprint density at radius 3 is 0.800 bits per heavy atom. The normalized spacial score (nSPS) is 11.1. The molecule has 0 aromatic rings. The summed E-state index contributed by atoms with van der Waals surface area (Å²) in [6, 6.07) is 0. The third kappa shape index (κ3) is 66.2. The van der Waals surface area contributed by atoms with Crippen molar-refractivity contribution in [2.75, 3.05) is 0 Å². The zero-order valence-corrected chi connectivity index (χ0v) is 31.7. The third-order valence-electron chi connectivity index (χ3n) is 6.98. The fourth-order valence-corrected chi connectivity index (χ4v) is 4.24. The monoisotopic (exact) mass is 567 g/mol. The van der Waals surface area contributed by atoms with E-state index in [1.54, 1.807) is 0 Å². The molecule has 40 heavy (non-hydrogen) atoms. The zero-order chi connectivity index (χ0) is 31.9. The van der Waals surface area contributed by atoms with Crippen LogP contribution in [0.25, 0.3) is 0 Å². The first-order chi connectivity index (χ1) is 18.5. The smallest absolute Gasteiger partial charge is 0.0348 e. The second kappa shape index (κ2) is 34.9. The van der Waals surface area contributed by atoms with Gasteiger partial charge in [-0.1, -0.05) is 192 Å². The first-order valence-electron chi connectivity index (χ1n) is 18.1. The van der Waals surface area contributed by atoms with Gasteiger partial charge in [-0.2, -0.15) is 0 Å². The number of unbranched alkanes of at least 4 members (excludes halogenated alkanes) is 4. The number of hydrogen-bond donors (Lipinski definition) is 0. The van der Waals surface area contributed by atoms with Gasteiger partial charge in [-0.25, -0.2) is 0 Å². The van der Waals surface area contributed by atoms with E-state index in [0.717, 1.165) is 41.4 Å². The molecule has 0 aromatic heterocycles. The minimum absolute atomic E-state index is 0.866. The SMILES string of the molecule is CC(C)=CCCCC(C)C.CC(C)CCCC(C)C.CC(C)CCCCC(C)C.CC(C)CCCCCC(C)C. The van der Waals surface area contributed by atoms with Crippen molar-refractivity contribution in [2.24, 2.45) is 41.4 Å². The van der Waals surface area contributed by atoms with Gasteiger partial charge in [-0.15, -0.1) is 0 Å². The Bertz CT molecular complexity index is 428. The molecule has 0 nitrogen and oxygen atoms in total. The average molecular weight is 567 g/mol. The van der Waals surface area contributed by atoms with Gasteiger partial charge >= 0.3 is 0 Å². The molecule has 0 spiro atoms. The van der Waals surface area contributed by atoms with Gasteiger partial charge in [0, 0.05) is 0 Å². The lowest BCUT2D eigenvalue weighted by molar-refractivity contribution is 0.480. The van der Waals surface area contributed by atoms with Crippen molar-refractivity contribution in [3.8, 4) is 0 Å². The molecule has 0 saturated carbocycles. The molecule has 0 unspecified atom stereocenters. The predicted molar refractivity (Wildman–Crippen MR) is 193 cm³/mol. The second-order valence-electron chi connectivity index (χ2n) is 15.8. The van der Waals surface area contributed by atoms with E-state index in [0.29, 0.717) is 0 Å². The Morgan fingerprint density at radius 2 is 0.550 bits per heavy atom. The minimum atomic E-state index is 0.866. The highest BCUT2D eigenvalue weighted by Gasteiger charge is 1.98. The van der Waals surface area contributed by atoms with Crippen LogP contribution in [0.3, 0.4) is 0 Å². The second-order valence-corrected chi connectivity index (χ2v) is 15.8. The van der Waals surface area contributed by atoms with E-state index in [1.807, 2.05) is 0 Å². The van der Waals surface area contributed by atoms with Crippen LogP contribution in [-0.4, -0.2) is 0 Å². The van der Waals surface area contributed by atoms with Gasteiger partial charge in [-0.3, -0.25) is 0 Å². The first kappa shape index (κ1) is 46.7. The van der Waals surface area contributed by atoms with E-state index < -0.39 is 0 Å². The Labute approximate surface area is 259 Å². The van der Waals surface area contributed by atoms with E-state index in [2.05, 4.69) is 117 Å². The van der Waals surface area contributed by atoms with Crippen LogP contribution < -0.4 is 0 Å². The largest absolute Gasteiger partial charge is 0.0859 e. The van der Waals surface area contributed by atoms with Crippen LogP contribution in [0.5, 0.6) is 0 Å². The summed E-state index contributed by atoms with van der Waals surface area (Å²) in [6.07, 6.45) is 23.3. The highest BCUT2D eigenvalue weighted by Crippen LogP contribution is 2.13. The van der Waals surface area contributed by atoms with E-state index >= 15 is 0 Å². The van der Waals surface area contributed by atoms with E-state index in [9.17, 15) is 0 Å². The van der Waals surface area contributed by atoms with Gasteiger partial charge in [-0.05, 0) is 68.1 Å². The Kier molecular flexibility index (Phi) is 40.8. The molecule has 0 fully saturated rings. The molecule has 0 atom stereocenters. The average Bonchev–Trinajstić information content (AvgIpc) is 2.79. The lowest BCUT2D eigenvalue weighted by Crippen LogP contribution is -1.90. The highest BCUT2D eigenvalue weighted by atomic mass is 14.0. The summed E-state index contributed by atoms with van der Waals surface area (Å²) in [4.78, 5) is 0. The predicted octanol–water partition coefficient (Wildman–Crippen LogP) is 15.4. The molecular weight excluding hydrogens is 480 g/mol. The lowest BCUT2D eigenvalue weighted by Gasteiger charge is -2.05. The maximum atomic E-state index is 2.32. The summed E-state index contributed by atoms with van der Waals surface area (Å²) >= 11 is 0. The van der Waals surface area contributed by atoms with Crippen molar-refractivity contribution in [1.29, 1.82) is 0 Å². The molecule has 0 amide bonds. The number of rotatable bonds is 19. The van der Waals surface area contributed by atoms with Crippen molar-refractivity contribution in [3.05, 3.63) is 11.6 Å². The molecule has 0 N–H and O–H groups in total. The van der Waals surface area contributed by atoms with Gasteiger partial charge in [0.2, 0.25) is 0 Å². The molecule has 0 aliphatic heterocycles. The van der Waals surface area contributed by atoms with Gasteiger partial charge < -0.3 is 0 Å². The molecule has 0 aromatic carbocycles. The summed E-state index contributed by atoms with van der Waals surface area (Å²) in [5, 5.41) is 0. The lowest BCUT2D eigenvalue weighted by atomic mass is 10.0. The van der Waals surface area contributed by atoms with Crippen molar-refractivity contribution < 1.29 is 0 Å². The molecule has 0 saturated heterocycles.